The number of nitro groups is 1. The van der Waals surface area contributed by atoms with Gasteiger partial charge in [-0.25, -0.2) is 9.97 Å². The lowest BCUT2D eigenvalue weighted by Gasteiger charge is -1.96. The highest BCUT2D eigenvalue weighted by atomic mass is 32.1. The Balaban J connectivity index is 1.52. The van der Waals surface area contributed by atoms with Gasteiger partial charge in [0.1, 0.15) is 0 Å². The van der Waals surface area contributed by atoms with E-state index in [2.05, 4.69) is 15.3 Å². The zero-order chi connectivity index (χ0) is 19.0. The lowest BCUT2D eigenvalue weighted by atomic mass is 10.2. The molecule has 9 heteroatoms. The highest BCUT2D eigenvalue weighted by molar-refractivity contribution is 7.28. The number of hydrogen-bond donors (Lipinski definition) is 1. The molecule has 0 aliphatic carbocycles. The normalized spacial score (nSPS) is 11.4. The topological polar surface area (TPSA) is 98.0 Å². The van der Waals surface area contributed by atoms with Gasteiger partial charge in [-0.1, -0.05) is 11.3 Å². The number of aryl methyl sites for hydroxylation is 1. The fourth-order valence-corrected chi connectivity index (χ4v) is 4.57. The lowest BCUT2D eigenvalue weighted by Crippen LogP contribution is -2.07. The minimum atomic E-state index is -0.463. The Morgan fingerprint density at radius 2 is 1.74 bits per heavy atom. The van der Waals surface area contributed by atoms with E-state index in [-0.39, 0.29) is 11.6 Å². The molecule has 0 aliphatic rings. The van der Waals surface area contributed by atoms with Gasteiger partial charge in [-0.15, -0.1) is 11.3 Å². The van der Waals surface area contributed by atoms with Crippen molar-refractivity contribution in [2.75, 3.05) is 5.32 Å². The van der Waals surface area contributed by atoms with Gasteiger partial charge in [0.2, 0.25) is 5.91 Å². The van der Waals surface area contributed by atoms with Gasteiger partial charge in [-0.3, -0.25) is 20.2 Å². The van der Waals surface area contributed by atoms with E-state index in [9.17, 15) is 14.9 Å². The summed E-state index contributed by atoms with van der Waals surface area (Å²) in [6.45, 7) is 1.96. The van der Waals surface area contributed by atoms with Crippen LogP contribution in [0.5, 0.6) is 0 Å². The number of fused-ring (bicyclic) bond motifs is 3. The molecule has 0 aliphatic heterocycles. The van der Waals surface area contributed by atoms with Crippen LogP contribution < -0.4 is 5.32 Å². The zero-order valence-corrected chi connectivity index (χ0v) is 15.6. The van der Waals surface area contributed by atoms with Gasteiger partial charge in [0, 0.05) is 18.2 Å². The number of rotatable bonds is 4. The predicted molar refractivity (Wildman–Crippen MR) is 108 cm³/mol. The van der Waals surface area contributed by atoms with Crippen LogP contribution in [0.4, 0.5) is 10.8 Å². The van der Waals surface area contributed by atoms with E-state index in [1.807, 2.05) is 19.1 Å². The van der Waals surface area contributed by atoms with E-state index in [1.165, 1.54) is 29.5 Å². The molecule has 27 heavy (non-hydrogen) atoms. The third kappa shape index (κ3) is 3.55. The molecule has 0 unspecified atom stereocenters. The largest absolute Gasteiger partial charge is 0.298 e. The number of anilines is 1. The lowest BCUT2D eigenvalue weighted by molar-refractivity contribution is -0.384. The first-order valence-corrected chi connectivity index (χ1v) is 9.53. The number of hydrogen-bond acceptors (Lipinski definition) is 7. The molecule has 1 amide bonds. The predicted octanol–water partition coefficient (Wildman–Crippen LogP) is 4.77. The van der Waals surface area contributed by atoms with E-state index in [0.29, 0.717) is 10.7 Å². The molecule has 134 valence electrons. The van der Waals surface area contributed by atoms with Crippen molar-refractivity contribution in [1.82, 2.24) is 9.97 Å². The van der Waals surface area contributed by atoms with Crippen molar-refractivity contribution in [3.63, 3.8) is 0 Å². The van der Waals surface area contributed by atoms with E-state index in [0.717, 1.165) is 25.4 Å². The maximum Gasteiger partial charge on any atom is 0.269 e. The second-order valence-electron chi connectivity index (χ2n) is 5.69. The van der Waals surface area contributed by atoms with E-state index in [1.54, 1.807) is 29.5 Å². The molecule has 0 atom stereocenters. The second-order valence-corrected chi connectivity index (χ2v) is 7.89. The van der Waals surface area contributed by atoms with Crippen LogP contribution in [0.2, 0.25) is 0 Å². The number of amides is 1. The van der Waals surface area contributed by atoms with Crippen molar-refractivity contribution in [3.05, 3.63) is 63.2 Å². The molecule has 0 spiro atoms. The summed E-state index contributed by atoms with van der Waals surface area (Å²) in [7, 11) is 0. The van der Waals surface area contributed by atoms with Crippen LogP contribution in [0.15, 0.2) is 42.5 Å². The van der Waals surface area contributed by atoms with Crippen molar-refractivity contribution < 1.29 is 9.72 Å². The SMILES string of the molecule is Cc1nc2ccc3nc(NC(=O)/C=C/c4ccc([N+](=O)[O-])cc4)sc3c2s1. The summed E-state index contributed by atoms with van der Waals surface area (Å²) in [6, 6.07) is 9.79. The molecule has 0 radical (unpaired) electrons. The van der Waals surface area contributed by atoms with Crippen molar-refractivity contribution in [1.29, 1.82) is 0 Å². The van der Waals surface area contributed by atoms with Gasteiger partial charge < -0.3 is 0 Å². The van der Waals surface area contributed by atoms with Crippen LogP contribution in [0.3, 0.4) is 0 Å². The second kappa shape index (κ2) is 6.86. The Labute approximate surface area is 161 Å². The Kier molecular flexibility index (Phi) is 4.38. The van der Waals surface area contributed by atoms with Crippen LogP contribution in [0.1, 0.15) is 10.6 Å². The van der Waals surface area contributed by atoms with Crippen molar-refractivity contribution in [2.45, 2.75) is 6.92 Å². The quantitative estimate of drug-likeness (QED) is 0.304. The third-order valence-electron chi connectivity index (χ3n) is 3.78. The first kappa shape index (κ1) is 17.3. The minimum Gasteiger partial charge on any atom is -0.298 e. The highest BCUT2D eigenvalue weighted by Crippen LogP contribution is 2.35. The standard InChI is InChI=1S/C18H12N4O3S2/c1-10-19-13-7-8-14-17(16(13)26-10)27-18(20-14)21-15(23)9-4-11-2-5-12(6-3-11)22(24)25/h2-9H,1H3,(H,20,21,23)/b9-4+. The van der Waals surface area contributed by atoms with Gasteiger partial charge in [0.25, 0.3) is 5.69 Å². The molecule has 0 saturated carbocycles. The molecular formula is C18H12N4O3S2. The zero-order valence-electron chi connectivity index (χ0n) is 14.0. The molecule has 0 fully saturated rings. The van der Waals surface area contributed by atoms with Gasteiger partial charge in [-0.2, -0.15) is 0 Å². The number of aromatic nitrogens is 2. The van der Waals surface area contributed by atoms with Crippen molar-refractivity contribution in [3.8, 4) is 0 Å². The third-order valence-corrected chi connectivity index (χ3v) is 5.92. The molecule has 4 rings (SSSR count). The highest BCUT2D eigenvalue weighted by Gasteiger charge is 2.11. The molecule has 2 aromatic heterocycles. The summed E-state index contributed by atoms with van der Waals surface area (Å²) >= 11 is 3.02. The van der Waals surface area contributed by atoms with Crippen molar-refractivity contribution in [2.24, 2.45) is 0 Å². The minimum absolute atomic E-state index is 0.00990. The molecule has 0 saturated heterocycles. The summed E-state index contributed by atoms with van der Waals surface area (Å²) in [5.74, 6) is -0.316. The number of carbonyl (C=O) groups is 1. The summed E-state index contributed by atoms with van der Waals surface area (Å²) < 4.78 is 2.08. The van der Waals surface area contributed by atoms with E-state index >= 15 is 0 Å². The van der Waals surface area contributed by atoms with Gasteiger partial charge in [0.05, 0.1) is 30.4 Å². The first-order chi connectivity index (χ1) is 13.0. The van der Waals surface area contributed by atoms with Crippen LogP contribution in [-0.4, -0.2) is 20.8 Å². The average molecular weight is 396 g/mol. The fourth-order valence-electron chi connectivity index (χ4n) is 2.56. The first-order valence-electron chi connectivity index (χ1n) is 7.90. The average Bonchev–Trinajstić information content (AvgIpc) is 3.22. The summed E-state index contributed by atoms with van der Waals surface area (Å²) in [5, 5.41) is 14.9. The van der Waals surface area contributed by atoms with E-state index < -0.39 is 4.92 Å². The molecule has 0 bridgehead atoms. The molecule has 4 aromatic rings. The van der Waals surface area contributed by atoms with Crippen LogP contribution in [0.25, 0.3) is 26.5 Å². The van der Waals surface area contributed by atoms with Crippen molar-refractivity contribution >= 4 is 65.9 Å². The number of nitrogens with zero attached hydrogens (tertiary/aromatic N) is 3. The number of thiazole rings is 2. The smallest absolute Gasteiger partial charge is 0.269 e. The van der Waals surface area contributed by atoms with Crippen LogP contribution >= 0.6 is 22.7 Å². The molecule has 2 heterocycles. The number of benzene rings is 2. The fraction of sp³-hybridized carbons (Fsp3) is 0.0556. The molecular weight excluding hydrogens is 384 g/mol. The number of nitrogens with one attached hydrogen (secondary N) is 1. The maximum atomic E-state index is 12.2. The van der Waals surface area contributed by atoms with E-state index in [4.69, 9.17) is 0 Å². The number of nitro benzene ring substituents is 1. The molecule has 1 N–H and O–H groups in total. The van der Waals surface area contributed by atoms with Gasteiger partial charge >= 0.3 is 0 Å². The monoisotopic (exact) mass is 396 g/mol. The summed E-state index contributed by atoms with van der Waals surface area (Å²) in [6.07, 6.45) is 2.97. The number of non-ortho nitro benzene ring substituents is 1. The maximum absolute atomic E-state index is 12.2. The Morgan fingerprint density at radius 3 is 2.44 bits per heavy atom. The van der Waals surface area contributed by atoms with Crippen LogP contribution in [-0.2, 0) is 4.79 Å². The molecule has 7 nitrogen and oxygen atoms in total. The summed E-state index contributed by atoms with van der Waals surface area (Å²) in [4.78, 5) is 31.3. The summed E-state index contributed by atoms with van der Waals surface area (Å²) in [5.41, 5.74) is 2.47. The number of carbonyl (C=O) groups excluding carboxylic acids is 1. The van der Waals surface area contributed by atoms with Gasteiger partial charge in [-0.05, 0) is 42.8 Å². The van der Waals surface area contributed by atoms with Gasteiger partial charge in [0.15, 0.2) is 5.13 Å². The Hall–Kier alpha value is -3.17. The molecule has 2 aromatic carbocycles. The Bertz CT molecular complexity index is 1210. The van der Waals surface area contributed by atoms with Crippen LogP contribution in [0, 0.1) is 17.0 Å². The Morgan fingerprint density at radius 1 is 1.07 bits per heavy atom.